The highest BCUT2D eigenvalue weighted by Crippen LogP contribution is 2.27. The van der Waals surface area contributed by atoms with Gasteiger partial charge in [-0.2, -0.15) is 0 Å². The minimum absolute atomic E-state index is 0.00979. The Kier molecular flexibility index (Phi) is 3.56. The number of nitrogens with two attached hydrogens (primary N) is 1. The molecule has 0 amide bonds. The second kappa shape index (κ2) is 5.05. The SMILES string of the molecule is Cc1noc(NS(=O)(=O)c2ccc([N+](=O)[O-])c(N)c2)c1C. The molecule has 1 heterocycles. The van der Waals surface area contributed by atoms with Gasteiger partial charge >= 0.3 is 0 Å². The van der Waals surface area contributed by atoms with Crippen molar-refractivity contribution in [3.63, 3.8) is 0 Å². The number of hydrogen-bond acceptors (Lipinski definition) is 7. The van der Waals surface area contributed by atoms with E-state index in [2.05, 4.69) is 9.88 Å². The third-order valence-corrected chi connectivity index (χ3v) is 4.22. The van der Waals surface area contributed by atoms with Crippen molar-refractivity contribution in [3.05, 3.63) is 39.6 Å². The van der Waals surface area contributed by atoms with E-state index in [1.165, 1.54) is 0 Å². The monoisotopic (exact) mass is 312 g/mol. The number of nitro groups is 1. The summed E-state index contributed by atoms with van der Waals surface area (Å²) < 4.78 is 31.4. The Morgan fingerprint density at radius 3 is 2.52 bits per heavy atom. The largest absolute Gasteiger partial charge is 0.393 e. The van der Waals surface area contributed by atoms with Crippen LogP contribution in [-0.2, 0) is 10.0 Å². The molecule has 0 aliphatic carbocycles. The van der Waals surface area contributed by atoms with Crippen LogP contribution in [-0.4, -0.2) is 18.5 Å². The molecule has 112 valence electrons. The van der Waals surface area contributed by atoms with Gasteiger partial charge in [-0.05, 0) is 26.0 Å². The van der Waals surface area contributed by atoms with Gasteiger partial charge in [0.15, 0.2) is 0 Å². The van der Waals surface area contributed by atoms with Gasteiger partial charge in [-0.1, -0.05) is 5.16 Å². The zero-order chi connectivity index (χ0) is 15.8. The summed E-state index contributed by atoms with van der Waals surface area (Å²) in [7, 11) is -3.97. The average molecular weight is 312 g/mol. The number of hydrogen-bond donors (Lipinski definition) is 2. The lowest BCUT2D eigenvalue weighted by molar-refractivity contribution is -0.383. The number of aromatic nitrogens is 1. The van der Waals surface area contributed by atoms with Crippen LogP contribution in [0.3, 0.4) is 0 Å². The summed E-state index contributed by atoms with van der Waals surface area (Å²) in [5.41, 5.74) is 5.98. The molecule has 0 aliphatic heterocycles. The fraction of sp³-hybridized carbons (Fsp3) is 0.182. The Morgan fingerprint density at radius 2 is 2.05 bits per heavy atom. The molecular weight excluding hydrogens is 300 g/mol. The summed E-state index contributed by atoms with van der Waals surface area (Å²) in [5.74, 6) is -0.00979. The number of nitrogen functional groups attached to an aromatic ring is 1. The van der Waals surface area contributed by atoms with Crippen LogP contribution in [0.25, 0.3) is 0 Å². The number of nitrogens with zero attached hydrogens (tertiary/aromatic N) is 2. The average Bonchev–Trinajstić information content (AvgIpc) is 2.69. The van der Waals surface area contributed by atoms with Crippen molar-refractivity contribution in [2.24, 2.45) is 0 Å². The quantitative estimate of drug-likeness (QED) is 0.496. The minimum Gasteiger partial charge on any atom is -0.393 e. The first-order chi connectivity index (χ1) is 9.72. The van der Waals surface area contributed by atoms with E-state index in [4.69, 9.17) is 10.3 Å². The van der Waals surface area contributed by atoms with Crippen molar-refractivity contribution in [1.82, 2.24) is 5.16 Å². The molecule has 0 aliphatic rings. The molecule has 0 atom stereocenters. The van der Waals surface area contributed by atoms with Crippen LogP contribution in [0.4, 0.5) is 17.3 Å². The van der Waals surface area contributed by atoms with E-state index < -0.39 is 14.9 Å². The fourth-order valence-electron chi connectivity index (χ4n) is 1.56. The summed E-state index contributed by atoms with van der Waals surface area (Å²) >= 11 is 0. The van der Waals surface area contributed by atoms with Gasteiger partial charge in [-0.15, -0.1) is 0 Å². The number of anilines is 2. The number of rotatable bonds is 4. The van der Waals surface area contributed by atoms with E-state index in [1.54, 1.807) is 13.8 Å². The van der Waals surface area contributed by atoms with Gasteiger partial charge in [0.25, 0.3) is 15.7 Å². The van der Waals surface area contributed by atoms with Crippen molar-refractivity contribution in [1.29, 1.82) is 0 Å². The second-order valence-electron chi connectivity index (χ2n) is 4.31. The Balaban J connectivity index is 2.38. The van der Waals surface area contributed by atoms with Crippen molar-refractivity contribution >= 4 is 27.3 Å². The maximum Gasteiger partial charge on any atom is 0.292 e. The zero-order valence-electron chi connectivity index (χ0n) is 11.2. The molecule has 0 unspecified atom stereocenters. The van der Waals surface area contributed by atoms with Gasteiger partial charge in [0.2, 0.25) is 5.88 Å². The minimum atomic E-state index is -3.97. The van der Waals surface area contributed by atoms with E-state index in [9.17, 15) is 18.5 Å². The van der Waals surface area contributed by atoms with Crippen molar-refractivity contribution in [2.75, 3.05) is 10.5 Å². The lowest BCUT2D eigenvalue weighted by Gasteiger charge is -2.06. The molecule has 1 aromatic carbocycles. The summed E-state index contributed by atoms with van der Waals surface area (Å²) in [6.45, 7) is 3.31. The van der Waals surface area contributed by atoms with Crippen LogP contribution in [0.15, 0.2) is 27.6 Å². The molecule has 21 heavy (non-hydrogen) atoms. The predicted octanol–water partition coefficient (Wildman–Crippen LogP) is 1.58. The molecule has 2 rings (SSSR count). The van der Waals surface area contributed by atoms with Crippen LogP contribution in [0.1, 0.15) is 11.3 Å². The smallest absolute Gasteiger partial charge is 0.292 e. The lowest BCUT2D eigenvalue weighted by Crippen LogP contribution is -2.13. The van der Waals surface area contributed by atoms with Gasteiger partial charge in [0, 0.05) is 11.6 Å². The summed E-state index contributed by atoms with van der Waals surface area (Å²) in [6, 6.07) is 3.14. The van der Waals surface area contributed by atoms with Crippen LogP contribution < -0.4 is 10.5 Å². The first-order valence-electron chi connectivity index (χ1n) is 5.72. The fourth-order valence-corrected chi connectivity index (χ4v) is 2.64. The van der Waals surface area contributed by atoms with E-state index in [-0.39, 0.29) is 22.2 Å². The van der Waals surface area contributed by atoms with Crippen LogP contribution in [0.5, 0.6) is 0 Å². The number of benzene rings is 1. The highest BCUT2D eigenvalue weighted by Gasteiger charge is 2.22. The van der Waals surface area contributed by atoms with Crippen molar-refractivity contribution in [2.45, 2.75) is 18.7 Å². The Bertz CT molecular complexity index is 812. The first-order valence-corrected chi connectivity index (χ1v) is 7.20. The molecule has 0 saturated carbocycles. The first kappa shape index (κ1) is 14.8. The number of sulfonamides is 1. The van der Waals surface area contributed by atoms with E-state index >= 15 is 0 Å². The van der Waals surface area contributed by atoms with E-state index in [0.717, 1.165) is 18.2 Å². The molecule has 3 N–H and O–H groups in total. The standard InChI is InChI=1S/C11H12N4O5S/c1-6-7(2)13-20-11(6)14-21(18,19)8-3-4-10(15(16)17)9(12)5-8/h3-5,14H,12H2,1-2H3. The van der Waals surface area contributed by atoms with Gasteiger partial charge in [-0.3, -0.25) is 10.1 Å². The molecular formula is C11H12N4O5S. The van der Waals surface area contributed by atoms with Crippen molar-refractivity contribution in [3.8, 4) is 0 Å². The molecule has 2 aromatic rings. The third-order valence-electron chi connectivity index (χ3n) is 2.89. The van der Waals surface area contributed by atoms with Gasteiger partial charge in [0.1, 0.15) is 5.69 Å². The van der Waals surface area contributed by atoms with Crippen molar-refractivity contribution < 1.29 is 17.9 Å². The van der Waals surface area contributed by atoms with E-state index in [0.29, 0.717) is 11.3 Å². The third kappa shape index (κ3) is 2.79. The summed E-state index contributed by atoms with van der Waals surface area (Å²) in [6.07, 6.45) is 0. The highest BCUT2D eigenvalue weighted by molar-refractivity contribution is 7.92. The van der Waals surface area contributed by atoms with Gasteiger partial charge in [-0.25, -0.2) is 13.1 Å². The molecule has 0 saturated heterocycles. The predicted molar refractivity (Wildman–Crippen MR) is 74.3 cm³/mol. The Morgan fingerprint density at radius 1 is 1.38 bits per heavy atom. The molecule has 0 spiro atoms. The number of nitro benzene ring substituents is 1. The maximum absolute atomic E-state index is 12.2. The number of nitrogens with one attached hydrogen (secondary N) is 1. The van der Waals surface area contributed by atoms with Crippen LogP contribution in [0, 0.1) is 24.0 Å². The van der Waals surface area contributed by atoms with Gasteiger partial charge in [0.05, 0.1) is 15.5 Å². The Labute approximate surface area is 119 Å². The zero-order valence-corrected chi connectivity index (χ0v) is 12.0. The molecule has 0 radical (unpaired) electrons. The molecule has 9 nitrogen and oxygen atoms in total. The summed E-state index contributed by atoms with van der Waals surface area (Å²) in [4.78, 5) is 9.76. The molecule has 1 aromatic heterocycles. The normalized spacial score (nSPS) is 11.3. The highest BCUT2D eigenvalue weighted by atomic mass is 32.2. The molecule has 0 fully saturated rings. The maximum atomic E-state index is 12.2. The van der Waals surface area contributed by atoms with E-state index in [1.807, 2.05) is 0 Å². The summed E-state index contributed by atoms with van der Waals surface area (Å²) in [5, 5.41) is 14.3. The van der Waals surface area contributed by atoms with Crippen LogP contribution >= 0.6 is 0 Å². The van der Waals surface area contributed by atoms with Gasteiger partial charge < -0.3 is 10.3 Å². The van der Waals surface area contributed by atoms with Crippen LogP contribution in [0.2, 0.25) is 0 Å². The topological polar surface area (TPSA) is 141 Å². The molecule has 10 heteroatoms. The number of aryl methyl sites for hydroxylation is 1. The molecule has 0 bridgehead atoms. The second-order valence-corrected chi connectivity index (χ2v) is 5.99. The Hall–Kier alpha value is -2.62. The lowest BCUT2D eigenvalue weighted by atomic mass is 10.3.